The van der Waals surface area contributed by atoms with Gasteiger partial charge in [-0.2, -0.15) is 0 Å². The summed E-state index contributed by atoms with van der Waals surface area (Å²) in [5, 5.41) is 9.21. The van der Waals surface area contributed by atoms with Crippen molar-refractivity contribution in [3.63, 3.8) is 0 Å². The first-order chi connectivity index (χ1) is 9.90. The molecule has 2 aliphatic carbocycles. The number of hydrogen-bond acceptors (Lipinski definition) is 3. The Hall–Kier alpha value is -1.06. The van der Waals surface area contributed by atoms with Crippen LogP contribution in [0.5, 0.6) is 0 Å². The van der Waals surface area contributed by atoms with Crippen molar-refractivity contribution in [3.05, 3.63) is 0 Å². The lowest BCUT2D eigenvalue weighted by molar-refractivity contribution is -0.166. The molecule has 0 saturated heterocycles. The van der Waals surface area contributed by atoms with E-state index in [-0.39, 0.29) is 12.1 Å². The maximum atomic E-state index is 12.4. The van der Waals surface area contributed by atoms with Crippen molar-refractivity contribution in [1.82, 2.24) is 0 Å². The molecule has 0 spiro atoms. The van der Waals surface area contributed by atoms with Crippen LogP contribution in [0.2, 0.25) is 0 Å². The summed E-state index contributed by atoms with van der Waals surface area (Å²) in [6.45, 7) is 6.56. The van der Waals surface area contributed by atoms with Gasteiger partial charge in [0.15, 0.2) is 0 Å². The van der Waals surface area contributed by atoms with Crippen LogP contribution in [0.25, 0.3) is 0 Å². The van der Waals surface area contributed by atoms with Gasteiger partial charge in [0.25, 0.3) is 0 Å². The van der Waals surface area contributed by atoms with E-state index < -0.39 is 17.8 Å². The number of carboxylic acids is 1. The highest BCUT2D eigenvalue weighted by Gasteiger charge is 2.41. The standard InChI is InChI=1S/C17H28O4/c1-10(2)12-8-7-11(3)9-15(12)21-17(20)14-6-4-5-13(14)16(18)19/h10-15H,4-9H2,1-3H3,(H,18,19)/t11-,12+,13+,14+,15-/m0/s1. The smallest absolute Gasteiger partial charge is 0.310 e. The van der Waals surface area contributed by atoms with E-state index in [1.165, 1.54) is 6.42 Å². The number of ether oxygens (including phenoxy) is 1. The predicted molar refractivity (Wildman–Crippen MR) is 79.7 cm³/mol. The number of esters is 1. The molecule has 0 radical (unpaired) electrons. The lowest BCUT2D eigenvalue weighted by Crippen LogP contribution is -2.38. The average molecular weight is 296 g/mol. The Labute approximate surface area is 127 Å². The molecule has 0 heterocycles. The minimum absolute atomic E-state index is 0.0312. The number of carbonyl (C=O) groups excluding carboxylic acids is 1. The Morgan fingerprint density at radius 3 is 2.38 bits per heavy atom. The van der Waals surface area contributed by atoms with Gasteiger partial charge in [-0.3, -0.25) is 9.59 Å². The molecule has 21 heavy (non-hydrogen) atoms. The molecule has 0 aromatic rings. The first-order valence-corrected chi connectivity index (χ1v) is 8.33. The van der Waals surface area contributed by atoms with Gasteiger partial charge in [-0.25, -0.2) is 0 Å². The number of rotatable bonds is 4. The van der Waals surface area contributed by atoms with Crippen LogP contribution in [0.15, 0.2) is 0 Å². The topological polar surface area (TPSA) is 63.6 Å². The fraction of sp³-hybridized carbons (Fsp3) is 0.882. The third-order valence-corrected chi connectivity index (χ3v) is 5.36. The molecule has 0 amide bonds. The maximum Gasteiger partial charge on any atom is 0.310 e. The first kappa shape index (κ1) is 16.3. The highest BCUT2D eigenvalue weighted by atomic mass is 16.5. The lowest BCUT2D eigenvalue weighted by atomic mass is 9.75. The second-order valence-corrected chi connectivity index (χ2v) is 7.28. The van der Waals surface area contributed by atoms with Gasteiger partial charge < -0.3 is 9.84 Å². The van der Waals surface area contributed by atoms with Crippen LogP contribution in [0.4, 0.5) is 0 Å². The monoisotopic (exact) mass is 296 g/mol. The van der Waals surface area contributed by atoms with Crippen LogP contribution in [0.1, 0.15) is 59.3 Å². The molecule has 0 aromatic heterocycles. The summed E-state index contributed by atoms with van der Waals surface area (Å²) in [5.74, 6) is -0.624. The Kier molecular flexibility index (Phi) is 5.28. The highest BCUT2D eigenvalue weighted by Crippen LogP contribution is 2.38. The van der Waals surface area contributed by atoms with Crippen molar-refractivity contribution in [3.8, 4) is 0 Å². The van der Waals surface area contributed by atoms with Gasteiger partial charge in [-0.05, 0) is 43.4 Å². The average Bonchev–Trinajstić information content (AvgIpc) is 2.87. The lowest BCUT2D eigenvalue weighted by Gasteiger charge is -2.37. The third kappa shape index (κ3) is 3.78. The van der Waals surface area contributed by atoms with Crippen molar-refractivity contribution in [2.45, 2.75) is 65.4 Å². The maximum absolute atomic E-state index is 12.4. The van der Waals surface area contributed by atoms with E-state index in [2.05, 4.69) is 20.8 Å². The van der Waals surface area contributed by atoms with Gasteiger partial charge in [0.2, 0.25) is 0 Å². The molecular formula is C17H28O4. The Morgan fingerprint density at radius 2 is 1.76 bits per heavy atom. The molecule has 2 fully saturated rings. The molecule has 0 aromatic carbocycles. The molecule has 2 saturated carbocycles. The molecule has 2 rings (SSSR count). The number of hydrogen-bond donors (Lipinski definition) is 1. The fourth-order valence-corrected chi connectivity index (χ4v) is 4.02. The third-order valence-electron chi connectivity index (χ3n) is 5.36. The molecule has 4 nitrogen and oxygen atoms in total. The Morgan fingerprint density at radius 1 is 1.10 bits per heavy atom. The van der Waals surface area contributed by atoms with Gasteiger partial charge in [0, 0.05) is 0 Å². The van der Waals surface area contributed by atoms with Crippen molar-refractivity contribution in [2.75, 3.05) is 0 Å². The van der Waals surface area contributed by atoms with E-state index in [0.29, 0.717) is 30.6 Å². The zero-order valence-electron chi connectivity index (χ0n) is 13.4. The second-order valence-electron chi connectivity index (χ2n) is 7.28. The molecular weight excluding hydrogens is 268 g/mol. The minimum atomic E-state index is -0.855. The molecule has 1 N–H and O–H groups in total. The van der Waals surface area contributed by atoms with Crippen molar-refractivity contribution in [1.29, 1.82) is 0 Å². The predicted octanol–water partition coefficient (Wildman–Crippen LogP) is 3.49. The summed E-state index contributed by atoms with van der Waals surface area (Å²) >= 11 is 0. The van der Waals surface area contributed by atoms with Crippen molar-refractivity contribution >= 4 is 11.9 Å². The minimum Gasteiger partial charge on any atom is -0.481 e. The summed E-state index contributed by atoms with van der Waals surface area (Å²) in [4.78, 5) is 23.6. The Bertz CT molecular complexity index is 390. The molecule has 120 valence electrons. The second kappa shape index (κ2) is 6.80. The van der Waals surface area contributed by atoms with Crippen LogP contribution in [-0.2, 0) is 14.3 Å². The Balaban J connectivity index is 2.01. The molecule has 0 aliphatic heterocycles. The van der Waals surface area contributed by atoms with Crippen molar-refractivity contribution < 1.29 is 19.4 Å². The van der Waals surface area contributed by atoms with E-state index >= 15 is 0 Å². The van der Waals surface area contributed by atoms with Gasteiger partial charge in [-0.15, -0.1) is 0 Å². The van der Waals surface area contributed by atoms with E-state index in [1.54, 1.807) is 0 Å². The first-order valence-electron chi connectivity index (χ1n) is 8.33. The van der Waals surface area contributed by atoms with Crippen LogP contribution in [0, 0.1) is 29.6 Å². The van der Waals surface area contributed by atoms with Gasteiger partial charge in [0.05, 0.1) is 11.8 Å². The molecule has 0 bridgehead atoms. The van der Waals surface area contributed by atoms with Crippen LogP contribution < -0.4 is 0 Å². The SMILES string of the molecule is CC(C)[C@H]1CC[C@H](C)C[C@@H]1OC(=O)[C@@H]1CCC[C@H]1C(=O)O. The summed E-state index contributed by atoms with van der Waals surface area (Å²) in [5.41, 5.74) is 0. The zero-order chi connectivity index (χ0) is 15.6. The van der Waals surface area contributed by atoms with E-state index in [0.717, 1.165) is 19.3 Å². The van der Waals surface area contributed by atoms with Crippen LogP contribution in [0.3, 0.4) is 0 Å². The number of carboxylic acid groups (broad SMARTS) is 1. The zero-order valence-corrected chi connectivity index (χ0v) is 13.4. The van der Waals surface area contributed by atoms with Gasteiger partial charge >= 0.3 is 11.9 Å². The van der Waals surface area contributed by atoms with Crippen LogP contribution >= 0.6 is 0 Å². The largest absolute Gasteiger partial charge is 0.481 e. The number of aliphatic carboxylic acids is 1. The van der Waals surface area contributed by atoms with Gasteiger partial charge in [-0.1, -0.05) is 33.6 Å². The van der Waals surface area contributed by atoms with Crippen LogP contribution in [-0.4, -0.2) is 23.1 Å². The van der Waals surface area contributed by atoms with E-state index in [9.17, 15) is 14.7 Å². The molecule has 0 unspecified atom stereocenters. The summed E-state index contributed by atoms with van der Waals surface area (Å²) in [7, 11) is 0. The fourth-order valence-electron chi connectivity index (χ4n) is 4.02. The number of carbonyl (C=O) groups is 2. The van der Waals surface area contributed by atoms with Crippen molar-refractivity contribution in [2.24, 2.45) is 29.6 Å². The summed E-state index contributed by atoms with van der Waals surface area (Å²) in [6, 6.07) is 0. The molecule has 5 atom stereocenters. The summed E-state index contributed by atoms with van der Waals surface area (Å²) in [6.07, 6.45) is 5.25. The highest BCUT2D eigenvalue weighted by molar-refractivity contribution is 5.81. The summed E-state index contributed by atoms with van der Waals surface area (Å²) < 4.78 is 5.80. The molecule has 2 aliphatic rings. The van der Waals surface area contributed by atoms with E-state index in [4.69, 9.17) is 4.74 Å². The molecule has 4 heteroatoms. The van der Waals surface area contributed by atoms with Gasteiger partial charge in [0.1, 0.15) is 6.10 Å². The van der Waals surface area contributed by atoms with E-state index in [1.807, 2.05) is 0 Å². The normalized spacial score (nSPS) is 36.7. The quantitative estimate of drug-likeness (QED) is 0.807.